The second-order valence-corrected chi connectivity index (χ2v) is 7.68. The molecule has 0 saturated heterocycles. The summed E-state index contributed by atoms with van der Waals surface area (Å²) >= 11 is 0. The van der Waals surface area contributed by atoms with E-state index in [0.717, 1.165) is 37.8 Å². The van der Waals surface area contributed by atoms with Gasteiger partial charge in [-0.05, 0) is 67.3 Å². The summed E-state index contributed by atoms with van der Waals surface area (Å²) in [5.74, 6) is -0.513. The average molecular weight is 387 g/mol. The van der Waals surface area contributed by atoms with Crippen LogP contribution >= 0.6 is 0 Å². The maximum absolute atomic E-state index is 13.3. The largest absolute Gasteiger partial charge is 0.378 e. The number of nitrogens with one attached hydrogen (secondary N) is 1. The number of hydrogen-bond acceptors (Lipinski definition) is 3. The molecule has 1 fully saturated rings. The van der Waals surface area contributed by atoms with E-state index < -0.39 is 11.6 Å². The van der Waals surface area contributed by atoms with E-state index in [2.05, 4.69) is 39.6 Å². The highest BCUT2D eigenvalue weighted by Gasteiger charge is 2.23. The van der Waals surface area contributed by atoms with E-state index in [1.54, 1.807) is 0 Å². The lowest BCUT2D eigenvalue weighted by atomic mass is 9.77. The Morgan fingerprint density at radius 1 is 1.04 bits per heavy atom. The Hall–Kier alpha value is -2.47. The molecule has 2 aromatic rings. The number of benzene rings is 2. The molecule has 0 aromatic heterocycles. The first-order valence-electron chi connectivity index (χ1n) is 9.66. The number of anilines is 1. The predicted octanol–water partition coefficient (Wildman–Crippen LogP) is 5.40. The zero-order chi connectivity index (χ0) is 20.1. The Morgan fingerprint density at radius 3 is 2.29 bits per heavy atom. The highest BCUT2D eigenvalue weighted by molar-refractivity contribution is 5.84. The molecule has 2 N–H and O–H groups in total. The van der Waals surface area contributed by atoms with Crippen molar-refractivity contribution in [3.05, 3.63) is 59.7 Å². The SMILES string of the molecule is CN(C)c1ccc(C2CCC(CC(=Nc3ccc(F)c(F)c3)NO)CC2)cc1. The fraction of sp³-hybridized carbons (Fsp3) is 0.409. The van der Waals surface area contributed by atoms with E-state index in [0.29, 0.717) is 24.1 Å². The summed E-state index contributed by atoms with van der Waals surface area (Å²) in [6.07, 6.45) is 4.85. The van der Waals surface area contributed by atoms with E-state index in [1.165, 1.54) is 17.3 Å². The minimum Gasteiger partial charge on any atom is -0.378 e. The molecule has 0 bridgehead atoms. The van der Waals surface area contributed by atoms with Crippen LogP contribution < -0.4 is 10.4 Å². The fourth-order valence-electron chi connectivity index (χ4n) is 3.84. The molecule has 1 saturated carbocycles. The maximum atomic E-state index is 13.3. The molecule has 2 aromatic carbocycles. The Labute approximate surface area is 164 Å². The van der Waals surface area contributed by atoms with Crippen LogP contribution in [0, 0.1) is 17.6 Å². The van der Waals surface area contributed by atoms with Gasteiger partial charge in [0.15, 0.2) is 11.6 Å². The first kappa shape index (κ1) is 20.3. The zero-order valence-corrected chi connectivity index (χ0v) is 16.3. The minimum atomic E-state index is -0.945. The standard InChI is InChI=1S/C22H27F2N3O/c1-27(2)19-10-7-17(8-11-19)16-5-3-15(4-6-16)13-22(26-28)25-18-9-12-20(23)21(24)14-18/h7-12,14-16,28H,3-6,13H2,1-2H3,(H,25,26). The maximum Gasteiger partial charge on any atom is 0.160 e. The highest BCUT2D eigenvalue weighted by atomic mass is 19.2. The smallest absolute Gasteiger partial charge is 0.160 e. The number of hydrogen-bond donors (Lipinski definition) is 2. The normalized spacial score (nSPS) is 20.1. The number of amidine groups is 1. The molecule has 0 atom stereocenters. The molecule has 28 heavy (non-hydrogen) atoms. The van der Waals surface area contributed by atoms with Gasteiger partial charge >= 0.3 is 0 Å². The van der Waals surface area contributed by atoms with Crippen molar-refractivity contribution in [1.82, 2.24) is 5.48 Å². The molecule has 150 valence electrons. The molecule has 1 aliphatic carbocycles. The monoisotopic (exact) mass is 387 g/mol. The van der Waals surface area contributed by atoms with Crippen molar-refractivity contribution in [3.8, 4) is 0 Å². The lowest BCUT2D eigenvalue weighted by molar-refractivity contribution is 0.226. The third-order valence-corrected chi connectivity index (χ3v) is 5.51. The molecule has 0 radical (unpaired) electrons. The highest BCUT2D eigenvalue weighted by Crippen LogP contribution is 2.37. The quantitative estimate of drug-likeness (QED) is 0.410. The number of aliphatic imine (C=N–C) groups is 1. The van der Waals surface area contributed by atoms with Crippen molar-refractivity contribution in [2.24, 2.45) is 10.9 Å². The van der Waals surface area contributed by atoms with Gasteiger partial charge in [0.05, 0.1) is 5.69 Å². The molecule has 3 rings (SSSR count). The molecular weight excluding hydrogens is 360 g/mol. The van der Waals surface area contributed by atoms with Crippen LogP contribution in [0.1, 0.15) is 43.6 Å². The first-order chi connectivity index (χ1) is 13.5. The van der Waals surface area contributed by atoms with Crippen LogP contribution in [-0.4, -0.2) is 25.1 Å². The number of hydroxylamine groups is 1. The summed E-state index contributed by atoms with van der Waals surface area (Å²) in [7, 11) is 4.07. The molecule has 0 aliphatic heterocycles. The van der Waals surface area contributed by atoms with Crippen molar-refractivity contribution in [1.29, 1.82) is 0 Å². The van der Waals surface area contributed by atoms with Crippen molar-refractivity contribution in [2.75, 3.05) is 19.0 Å². The van der Waals surface area contributed by atoms with Gasteiger partial charge in [0.25, 0.3) is 0 Å². The Bertz CT molecular complexity index is 813. The van der Waals surface area contributed by atoms with E-state index in [1.807, 2.05) is 14.1 Å². The van der Waals surface area contributed by atoms with Gasteiger partial charge in [-0.2, -0.15) is 0 Å². The van der Waals surface area contributed by atoms with Gasteiger partial charge in [-0.3, -0.25) is 10.7 Å². The van der Waals surface area contributed by atoms with Crippen molar-refractivity contribution in [2.45, 2.75) is 38.0 Å². The summed E-state index contributed by atoms with van der Waals surface area (Å²) in [4.78, 5) is 6.31. The zero-order valence-electron chi connectivity index (χ0n) is 16.3. The lowest BCUT2D eigenvalue weighted by Gasteiger charge is -2.29. The molecular formula is C22H27F2N3O. The molecule has 0 spiro atoms. The fourth-order valence-corrected chi connectivity index (χ4v) is 3.84. The Balaban J connectivity index is 1.57. The van der Waals surface area contributed by atoms with Gasteiger partial charge in [0.2, 0.25) is 0 Å². The third kappa shape index (κ3) is 5.07. The number of nitrogens with zero attached hydrogens (tertiary/aromatic N) is 2. The van der Waals surface area contributed by atoms with Gasteiger partial charge in [0, 0.05) is 32.3 Å². The molecule has 1 aliphatic rings. The van der Waals surface area contributed by atoms with Crippen LogP contribution in [0.25, 0.3) is 0 Å². The van der Waals surface area contributed by atoms with E-state index in [9.17, 15) is 14.0 Å². The van der Waals surface area contributed by atoms with Crippen molar-refractivity contribution in [3.63, 3.8) is 0 Å². The van der Waals surface area contributed by atoms with E-state index in [-0.39, 0.29) is 5.69 Å². The Morgan fingerprint density at radius 2 is 1.71 bits per heavy atom. The van der Waals surface area contributed by atoms with Crippen LogP contribution in [0.4, 0.5) is 20.2 Å². The van der Waals surface area contributed by atoms with Gasteiger partial charge < -0.3 is 4.90 Å². The predicted molar refractivity (Wildman–Crippen MR) is 108 cm³/mol. The lowest BCUT2D eigenvalue weighted by Crippen LogP contribution is -2.24. The third-order valence-electron chi connectivity index (χ3n) is 5.51. The van der Waals surface area contributed by atoms with Crippen LogP contribution in [-0.2, 0) is 0 Å². The van der Waals surface area contributed by atoms with E-state index >= 15 is 0 Å². The second kappa shape index (κ2) is 9.15. The summed E-state index contributed by atoms with van der Waals surface area (Å²) in [5, 5.41) is 9.39. The minimum absolute atomic E-state index is 0.283. The molecule has 0 heterocycles. The van der Waals surface area contributed by atoms with Gasteiger partial charge in [-0.1, -0.05) is 12.1 Å². The number of halogens is 2. The van der Waals surface area contributed by atoms with Crippen molar-refractivity contribution < 1.29 is 14.0 Å². The topological polar surface area (TPSA) is 47.9 Å². The van der Waals surface area contributed by atoms with Gasteiger partial charge in [0.1, 0.15) is 5.84 Å². The summed E-state index contributed by atoms with van der Waals surface area (Å²) in [6, 6.07) is 12.2. The van der Waals surface area contributed by atoms with Crippen LogP contribution in [0.3, 0.4) is 0 Å². The Kier molecular flexibility index (Phi) is 6.62. The van der Waals surface area contributed by atoms with Crippen LogP contribution in [0.15, 0.2) is 47.5 Å². The molecule has 0 amide bonds. The molecule has 6 heteroatoms. The van der Waals surface area contributed by atoms with Crippen molar-refractivity contribution >= 4 is 17.2 Å². The van der Waals surface area contributed by atoms with Gasteiger partial charge in [-0.15, -0.1) is 0 Å². The summed E-state index contributed by atoms with van der Waals surface area (Å²) in [6.45, 7) is 0. The summed E-state index contributed by atoms with van der Waals surface area (Å²) < 4.78 is 26.4. The molecule has 4 nitrogen and oxygen atoms in total. The summed E-state index contributed by atoms with van der Waals surface area (Å²) in [5.41, 5.74) is 4.98. The first-order valence-corrected chi connectivity index (χ1v) is 9.66. The van der Waals surface area contributed by atoms with Crippen LogP contribution in [0.5, 0.6) is 0 Å². The number of rotatable bonds is 5. The average Bonchev–Trinajstić information content (AvgIpc) is 2.71. The van der Waals surface area contributed by atoms with Gasteiger partial charge in [-0.25, -0.2) is 13.8 Å². The van der Waals surface area contributed by atoms with Crippen LogP contribution in [0.2, 0.25) is 0 Å². The second-order valence-electron chi connectivity index (χ2n) is 7.68. The molecule has 0 unspecified atom stereocenters. The van der Waals surface area contributed by atoms with E-state index in [4.69, 9.17) is 0 Å².